The molecule has 0 aliphatic heterocycles. The van der Waals surface area contributed by atoms with Crippen LogP contribution in [0, 0.1) is 0 Å². The number of hydrogen-bond acceptors (Lipinski definition) is 4. The molecule has 4 heteroatoms. The van der Waals surface area contributed by atoms with Crippen LogP contribution in [0.5, 0.6) is 0 Å². The van der Waals surface area contributed by atoms with Crippen molar-refractivity contribution < 1.29 is 0 Å². The maximum absolute atomic E-state index is 4.54. The largest absolute Gasteiger partial charge is 0.382 e. The van der Waals surface area contributed by atoms with Crippen molar-refractivity contribution in [2.75, 3.05) is 7.05 Å². The molecule has 1 unspecified atom stereocenters. The summed E-state index contributed by atoms with van der Waals surface area (Å²) in [6.45, 7) is 20.2. The van der Waals surface area contributed by atoms with Crippen LogP contribution in [0.1, 0.15) is 77.1 Å². The second-order valence-corrected chi connectivity index (χ2v) is 13.7. The van der Waals surface area contributed by atoms with Gasteiger partial charge in [0.15, 0.2) is 0 Å². The van der Waals surface area contributed by atoms with Gasteiger partial charge in [0, 0.05) is 38.0 Å². The third kappa shape index (κ3) is 8.69. The topological polar surface area (TPSA) is 15.3 Å². The molecule has 0 saturated heterocycles. The smallest absolute Gasteiger partial charge is 0.0354 e. The van der Waals surface area contributed by atoms with E-state index >= 15 is 0 Å². The van der Waals surface area contributed by atoms with Crippen molar-refractivity contribution >= 4 is 29.4 Å². The minimum Gasteiger partial charge on any atom is -0.382 e. The van der Waals surface area contributed by atoms with Crippen LogP contribution in [0.3, 0.4) is 0 Å². The van der Waals surface area contributed by atoms with Crippen LogP contribution in [0.15, 0.2) is 88.0 Å². The lowest BCUT2D eigenvalue weighted by molar-refractivity contribution is 0.469. The van der Waals surface area contributed by atoms with Crippen molar-refractivity contribution in [1.29, 1.82) is 0 Å². The van der Waals surface area contributed by atoms with Crippen molar-refractivity contribution in [1.82, 2.24) is 9.62 Å². The molecule has 3 aromatic carbocycles. The molecular formula is C34H46N2S2. The van der Waals surface area contributed by atoms with Gasteiger partial charge in [-0.1, -0.05) is 89.4 Å². The molecule has 0 heterocycles. The first kappa shape index (κ1) is 30.4. The average molecular weight is 547 g/mol. The fourth-order valence-electron chi connectivity index (χ4n) is 4.13. The van der Waals surface area contributed by atoms with Crippen LogP contribution in [0.2, 0.25) is 0 Å². The highest BCUT2D eigenvalue weighted by molar-refractivity contribution is 7.99. The van der Waals surface area contributed by atoms with Gasteiger partial charge >= 0.3 is 0 Å². The molecule has 0 fully saturated rings. The first-order valence-electron chi connectivity index (χ1n) is 13.9. The lowest BCUT2D eigenvalue weighted by atomic mass is 9.86. The van der Waals surface area contributed by atoms with E-state index in [4.69, 9.17) is 0 Å². The Morgan fingerprint density at radius 1 is 0.895 bits per heavy atom. The highest BCUT2D eigenvalue weighted by Crippen LogP contribution is 2.36. The van der Waals surface area contributed by atoms with E-state index in [0.717, 1.165) is 25.0 Å². The summed E-state index contributed by atoms with van der Waals surface area (Å²) < 4.78 is 2.29. The summed E-state index contributed by atoms with van der Waals surface area (Å²) in [6, 6.07) is 25.6. The molecule has 0 amide bonds. The summed E-state index contributed by atoms with van der Waals surface area (Å²) in [5.74, 6) is 0. The van der Waals surface area contributed by atoms with Crippen LogP contribution in [-0.4, -0.2) is 23.4 Å². The number of hydrogen-bond donors (Lipinski definition) is 1. The summed E-state index contributed by atoms with van der Waals surface area (Å²) in [4.78, 5) is 3.71. The molecule has 0 bridgehead atoms. The van der Waals surface area contributed by atoms with E-state index in [0.29, 0.717) is 12.1 Å². The lowest BCUT2D eigenvalue weighted by Crippen LogP contribution is -2.29. The molecule has 2 nitrogen and oxygen atoms in total. The molecule has 0 aromatic heterocycles. The Kier molecular flexibility index (Phi) is 11.0. The summed E-state index contributed by atoms with van der Waals surface area (Å²) in [7, 11) is 2.15. The third-order valence-corrected chi connectivity index (χ3v) is 9.24. The Labute approximate surface area is 240 Å². The van der Waals surface area contributed by atoms with E-state index in [2.05, 4.69) is 138 Å². The van der Waals surface area contributed by atoms with Crippen LogP contribution in [0.25, 0.3) is 5.70 Å². The number of aryl methyl sites for hydroxylation is 1. The highest BCUT2D eigenvalue weighted by Gasteiger charge is 2.17. The van der Waals surface area contributed by atoms with E-state index in [1.54, 1.807) is 11.9 Å². The van der Waals surface area contributed by atoms with Gasteiger partial charge in [0.05, 0.1) is 0 Å². The normalized spacial score (nSPS) is 12.7. The van der Waals surface area contributed by atoms with Gasteiger partial charge in [-0.3, -0.25) is 0 Å². The van der Waals surface area contributed by atoms with Crippen LogP contribution in [-0.2, 0) is 18.3 Å². The fourth-order valence-corrected chi connectivity index (χ4v) is 5.93. The fraction of sp³-hybridized carbons (Fsp3) is 0.412. The van der Waals surface area contributed by atoms with Crippen LogP contribution >= 0.6 is 23.7 Å². The summed E-state index contributed by atoms with van der Waals surface area (Å²) >= 11 is 3.60. The maximum atomic E-state index is 4.54. The molecule has 38 heavy (non-hydrogen) atoms. The Hall–Kier alpha value is -2.14. The molecule has 0 radical (unpaired) electrons. The zero-order valence-corrected chi connectivity index (χ0v) is 26.2. The monoisotopic (exact) mass is 546 g/mol. The molecule has 0 spiro atoms. The van der Waals surface area contributed by atoms with E-state index < -0.39 is 0 Å². The van der Waals surface area contributed by atoms with Gasteiger partial charge in [-0.2, -0.15) is 0 Å². The van der Waals surface area contributed by atoms with Crippen molar-refractivity contribution in [2.45, 2.75) is 99.9 Å². The second-order valence-electron chi connectivity index (χ2n) is 11.4. The SMILES string of the molecule is C=C(NC(CC)Cc1ccc(C(C)(C)C)cc1)c1cc(SN(C)C(C)C)ccc1Sc1ccc(CC)cc1. The van der Waals surface area contributed by atoms with Crippen molar-refractivity contribution in [2.24, 2.45) is 0 Å². The summed E-state index contributed by atoms with van der Waals surface area (Å²) in [5, 5.41) is 3.79. The molecule has 3 rings (SSSR count). The standard InChI is InChI=1S/C34H46N2S2/c1-10-26-14-18-30(19-15-26)37-33-21-20-31(38-36(9)24(3)4)23-32(33)25(5)35-29(11-2)22-27-12-16-28(17-13-27)34(6,7)8/h12-21,23-24,29,35H,5,10-11,22H2,1-4,6-9H3. The zero-order chi connectivity index (χ0) is 27.9. The summed E-state index contributed by atoms with van der Waals surface area (Å²) in [5.41, 5.74) is 6.45. The number of nitrogens with one attached hydrogen (secondary N) is 1. The second kappa shape index (κ2) is 13.8. The quantitative estimate of drug-likeness (QED) is 0.227. The van der Waals surface area contributed by atoms with Crippen molar-refractivity contribution in [3.8, 4) is 0 Å². The number of rotatable bonds is 12. The molecule has 1 N–H and O–H groups in total. The zero-order valence-electron chi connectivity index (χ0n) is 24.6. The Morgan fingerprint density at radius 2 is 1.50 bits per heavy atom. The third-order valence-electron chi connectivity index (χ3n) is 6.99. The van der Waals surface area contributed by atoms with Gasteiger partial charge in [-0.15, -0.1) is 0 Å². The lowest BCUT2D eigenvalue weighted by Gasteiger charge is -2.24. The molecule has 204 valence electrons. The number of nitrogens with zero attached hydrogens (tertiary/aromatic N) is 1. The van der Waals surface area contributed by atoms with Gasteiger partial charge in [0.25, 0.3) is 0 Å². The Balaban J connectivity index is 1.83. The van der Waals surface area contributed by atoms with E-state index in [1.165, 1.54) is 36.9 Å². The van der Waals surface area contributed by atoms with Crippen LogP contribution in [0.4, 0.5) is 0 Å². The molecule has 0 saturated carbocycles. The molecule has 1 atom stereocenters. The number of benzene rings is 3. The summed E-state index contributed by atoms with van der Waals surface area (Å²) in [6.07, 6.45) is 3.07. The Morgan fingerprint density at radius 3 is 2.05 bits per heavy atom. The predicted octanol–water partition coefficient (Wildman–Crippen LogP) is 9.63. The average Bonchev–Trinajstić information content (AvgIpc) is 2.89. The first-order chi connectivity index (χ1) is 18.0. The molecule has 0 aliphatic carbocycles. The predicted molar refractivity (Wildman–Crippen MR) is 170 cm³/mol. The van der Waals surface area contributed by atoms with E-state index in [-0.39, 0.29) is 5.41 Å². The molecule has 3 aromatic rings. The van der Waals surface area contributed by atoms with Gasteiger partial charge in [-0.05, 0) is 105 Å². The molecule has 0 aliphatic rings. The van der Waals surface area contributed by atoms with Crippen molar-refractivity contribution in [3.05, 3.63) is 95.6 Å². The van der Waals surface area contributed by atoms with Crippen molar-refractivity contribution in [3.63, 3.8) is 0 Å². The van der Waals surface area contributed by atoms with E-state index in [9.17, 15) is 0 Å². The molecular weight excluding hydrogens is 501 g/mol. The van der Waals surface area contributed by atoms with Crippen LogP contribution < -0.4 is 5.32 Å². The maximum Gasteiger partial charge on any atom is 0.0354 e. The van der Waals surface area contributed by atoms with Gasteiger partial charge in [0.1, 0.15) is 0 Å². The minimum atomic E-state index is 0.173. The van der Waals surface area contributed by atoms with Gasteiger partial charge < -0.3 is 5.32 Å². The highest BCUT2D eigenvalue weighted by atomic mass is 32.2. The first-order valence-corrected chi connectivity index (χ1v) is 15.5. The minimum absolute atomic E-state index is 0.173. The Bertz CT molecular complexity index is 1170. The van der Waals surface area contributed by atoms with Gasteiger partial charge in [0.2, 0.25) is 0 Å². The van der Waals surface area contributed by atoms with Gasteiger partial charge in [-0.25, -0.2) is 4.31 Å². The van der Waals surface area contributed by atoms with E-state index in [1.807, 2.05) is 11.8 Å².